The van der Waals surface area contributed by atoms with Crippen LogP contribution in [0, 0.1) is 0 Å². The Balaban J connectivity index is 3.75. The van der Waals surface area contributed by atoms with Gasteiger partial charge in [-0.15, -0.1) is 0 Å². The van der Waals surface area contributed by atoms with Gasteiger partial charge < -0.3 is 15.3 Å². The van der Waals surface area contributed by atoms with Crippen molar-refractivity contribution in [1.29, 1.82) is 0 Å². The van der Waals surface area contributed by atoms with Crippen LogP contribution in [-0.2, 0) is 4.79 Å². The van der Waals surface area contributed by atoms with Crippen molar-refractivity contribution >= 4 is 17.5 Å². The summed E-state index contributed by atoms with van der Waals surface area (Å²) in [5.41, 5.74) is 0. The zero-order valence-electron chi connectivity index (χ0n) is 6.93. The van der Waals surface area contributed by atoms with E-state index in [0.29, 0.717) is 12.2 Å². The fraction of sp³-hybridized carbons (Fsp3) is 0.857. The summed E-state index contributed by atoms with van der Waals surface area (Å²) in [6.45, 7) is -0.725. The summed E-state index contributed by atoms with van der Waals surface area (Å²) in [4.78, 5) is 10.6. The molecule has 0 heterocycles. The second kappa shape index (κ2) is 6.42. The molecule has 0 radical (unpaired) electrons. The molecule has 12 heavy (non-hydrogen) atoms. The van der Waals surface area contributed by atoms with Gasteiger partial charge in [-0.05, 0) is 18.4 Å². The highest BCUT2D eigenvalue weighted by Gasteiger charge is 2.22. The zero-order valence-corrected chi connectivity index (χ0v) is 7.75. The molecule has 0 amide bonds. The highest BCUT2D eigenvalue weighted by atomic mass is 32.2. The van der Waals surface area contributed by atoms with Crippen LogP contribution >= 0.6 is 11.8 Å². The summed E-state index contributed by atoms with van der Waals surface area (Å²) in [7, 11) is 0. The SMILES string of the molecule is CSCC[C@H](O)[C@H](O)C(=O)CO. The van der Waals surface area contributed by atoms with E-state index in [2.05, 4.69) is 0 Å². The quantitative estimate of drug-likeness (QED) is 0.507. The molecule has 0 rings (SSSR count). The summed E-state index contributed by atoms with van der Waals surface area (Å²) >= 11 is 1.52. The molecule has 0 aliphatic heterocycles. The molecule has 0 aromatic heterocycles. The monoisotopic (exact) mass is 194 g/mol. The summed E-state index contributed by atoms with van der Waals surface area (Å²) in [5, 5.41) is 26.6. The van der Waals surface area contributed by atoms with E-state index in [1.807, 2.05) is 6.26 Å². The molecule has 72 valence electrons. The second-order valence-electron chi connectivity index (χ2n) is 2.42. The van der Waals surface area contributed by atoms with E-state index in [-0.39, 0.29) is 0 Å². The summed E-state index contributed by atoms with van der Waals surface area (Å²) in [5.74, 6) is -0.0553. The van der Waals surface area contributed by atoms with Crippen LogP contribution in [0.2, 0.25) is 0 Å². The van der Waals surface area contributed by atoms with Crippen molar-refractivity contribution in [1.82, 2.24) is 0 Å². The van der Waals surface area contributed by atoms with Crippen LogP contribution in [0.5, 0.6) is 0 Å². The van der Waals surface area contributed by atoms with Crippen molar-refractivity contribution < 1.29 is 20.1 Å². The smallest absolute Gasteiger partial charge is 0.189 e. The Morgan fingerprint density at radius 2 is 2.08 bits per heavy atom. The maximum absolute atomic E-state index is 10.6. The third-order valence-corrected chi connectivity index (χ3v) is 2.11. The lowest BCUT2D eigenvalue weighted by atomic mass is 10.1. The predicted octanol–water partition coefficient (Wildman–Crippen LogP) is -0.977. The van der Waals surface area contributed by atoms with Crippen molar-refractivity contribution in [3.8, 4) is 0 Å². The molecule has 0 aliphatic carbocycles. The maximum Gasteiger partial charge on any atom is 0.189 e. The minimum absolute atomic E-state index is 0.355. The highest BCUT2D eigenvalue weighted by Crippen LogP contribution is 2.04. The average Bonchev–Trinajstić information content (AvgIpc) is 2.11. The van der Waals surface area contributed by atoms with E-state index in [0.717, 1.165) is 0 Å². The first-order chi connectivity index (χ1) is 5.63. The molecule has 3 N–H and O–H groups in total. The Hall–Kier alpha value is -0.100. The van der Waals surface area contributed by atoms with Crippen LogP contribution in [-0.4, -0.2) is 51.9 Å². The molecular weight excluding hydrogens is 180 g/mol. The topological polar surface area (TPSA) is 77.8 Å². The Morgan fingerprint density at radius 1 is 1.50 bits per heavy atom. The normalized spacial score (nSPS) is 15.7. The van der Waals surface area contributed by atoms with E-state index in [1.54, 1.807) is 0 Å². The van der Waals surface area contributed by atoms with Crippen molar-refractivity contribution in [3.05, 3.63) is 0 Å². The van der Waals surface area contributed by atoms with Gasteiger partial charge in [-0.2, -0.15) is 11.8 Å². The first kappa shape index (κ1) is 11.9. The van der Waals surface area contributed by atoms with Crippen LogP contribution in [0.25, 0.3) is 0 Å². The van der Waals surface area contributed by atoms with Gasteiger partial charge in [0.15, 0.2) is 5.78 Å². The lowest BCUT2D eigenvalue weighted by Crippen LogP contribution is -2.36. The maximum atomic E-state index is 10.6. The van der Waals surface area contributed by atoms with E-state index < -0.39 is 24.6 Å². The van der Waals surface area contributed by atoms with Crippen molar-refractivity contribution in [3.63, 3.8) is 0 Å². The molecule has 0 aromatic rings. The number of aliphatic hydroxyl groups excluding tert-OH is 3. The molecule has 0 saturated carbocycles. The van der Waals surface area contributed by atoms with E-state index >= 15 is 0 Å². The number of hydrogen-bond acceptors (Lipinski definition) is 5. The van der Waals surface area contributed by atoms with Crippen LogP contribution in [0.15, 0.2) is 0 Å². The Labute approximate surface area is 75.6 Å². The number of ketones is 1. The van der Waals surface area contributed by atoms with Crippen LogP contribution in [0.3, 0.4) is 0 Å². The minimum Gasteiger partial charge on any atom is -0.390 e. The lowest BCUT2D eigenvalue weighted by Gasteiger charge is -2.14. The van der Waals surface area contributed by atoms with Crippen LogP contribution in [0.4, 0.5) is 0 Å². The first-order valence-electron chi connectivity index (χ1n) is 3.62. The van der Waals surface area contributed by atoms with E-state index in [9.17, 15) is 4.79 Å². The predicted molar refractivity (Wildman–Crippen MR) is 47.1 cm³/mol. The fourth-order valence-electron chi connectivity index (χ4n) is 0.705. The summed E-state index contributed by atoms with van der Waals surface area (Å²) < 4.78 is 0. The van der Waals surface area contributed by atoms with Gasteiger partial charge in [0, 0.05) is 0 Å². The average molecular weight is 194 g/mol. The Morgan fingerprint density at radius 3 is 2.50 bits per heavy atom. The standard InChI is InChI=1S/C7H14O4S/c1-12-3-2-5(9)7(11)6(10)4-8/h5,7-9,11H,2-4H2,1H3/t5-,7-/m0/s1. The molecule has 0 aromatic carbocycles. The molecular formula is C7H14O4S. The largest absolute Gasteiger partial charge is 0.390 e. The molecule has 0 unspecified atom stereocenters. The van der Waals surface area contributed by atoms with Gasteiger partial charge in [0.1, 0.15) is 12.7 Å². The van der Waals surface area contributed by atoms with Gasteiger partial charge in [-0.3, -0.25) is 4.79 Å². The van der Waals surface area contributed by atoms with Gasteiger partial charge in [-0.25, -0.2) is 0 Å². The van der Waals surface area contributed by atoms with Crippen molar-refractivity contribution in [2.75, 3.05) is 18.6 Å². The van der Waals surface area contributed by atoms with Gasteiger partial charge in [-0.1, -0.05) is 0 Å². The van der Waals surface area contributed by atoms with E-state index in [1.165, 1.54) is 11.8 Å². The van der Waals surface area contributed by atoms with Crippen LogP contribution in [0.1, 0.15) is 6.42 Å². The number of thioether (sulfide) groups is 1. The molecule has 0 bridgehead atoms. The molecule has 5 heteroatoms. The number of rotatable bonds is 6. The molecule has 2 atom stereocenters. The molecule has 0 spiro atoms. The number of carbonyl (C=O) groups is 1. The summed E-state index contributed by atoms with van der Waals surface area (Å²) in [6.07, 6.45) is -0.277. The molecule has 0 aliphatic rings. The van der Waals surface area contributed by atoms with Crippen LogP contribution < -0.4 is 0 Å². The fourth-order valence-corrected chi connectivity index (χ4v) is 1.18. The number of aliphatic hydroxyl groups is 3. The van der Waals surface area contributed by atoms with Gasteiger partial charge in [0.2, 0.25) is 0 Å². The molecule has 0 saturated heterocycles. The lowest BCUT2D eigenvalue weighted by molar-refractivity contribution is -0.135. The first-order valence-corrected chi connectivity index (χ1v) is 5.01. The van der Waals surface area contributed by atoms with Crippen molar-refractivity contribution in [2.45, 2.75) is 18.6 Å². The van der Waals surface area contributed by atoms with Gasteiger partial charge in [0.25, 0.3) is 0 Å². The molecule has 0 fully saturated rings. The third kappa shape index (κ3) is 4.06. The van der Waals surface area contributed by atoms with Gasteiger partial charge in [0.05, 0.1) is 6.10 Å². The van der Waals surface area contributed by atoms with Gasteiger partial charge >= 0.3 is 0 Å². The van der Waals surface area contributed by atoms with Crippen molar-refractivity contribution in [2.24, 2.45) is 0 Å². The Kier molecular flexibility index (Phi) is 6.37. The second-order valence-corrected chi connectivity index (χ2v) is 3.40. The Bertz CT molecular complexity index is 139. The number of carbonyl (C=O) groups excluding carboxylic acids is 1. The van der Waals surface area contributed by atoms with E-state index in [4.69, 9.17) is 15.3 Å². The summed E-state index contributed by atoms with van der Waals surface area (Å²) in [6, 6.07) is 0. The zero-order chi connectivity index (χ0) is 9.56. The minimum atomic E-state index is -1.44. The number of hydrogen-bond donors (Lipinski definition) is 3. The highest BCUT2D eigenvalue weighted by molar-refractivity contribution is 7.98. The molecule has 4 nitrogen and oxygen atoms in total. The number of Topliss-reactive ketones (excluding diaryl/α,β-unsaturated/α-hetero) is 1. The third-order valence-electron chi connectivity index (χ3n) is 1.47.